The number of carbonyl (C=O) groups excluding carboxylic acids is 1. The molecule has 0 radical (unpaired) electrons. The molecule has 7 heteroatoms. The fourth-order valence-corrected chi connectivity index (χ4v) is 2.23. The van der Waals surface area contributed by atoms with Crippen molar-refractivity contribution in [3.8, 4) is 5.75 Å². The Hall–Kier alpha value is -2.41. The molecule has 1 fully saturated rings. The van der Waals surface area contributed by atoms with Crippen molar-refractivity contribution >= 4 is 11.9 Å². The molecule has 7 nitrogen and oxygen atoms in total. The van der Waals surface area contributed by atoms with Crippen molar-refractivity contribution in [2.45, 2.75) is 25.9 Å². The van der Waals surface area contributed by atoms with Crippen LogP contribution in [0.15, 0.2) is 28.7 Å². The SMILES string of the molecule is CCOc1ccc(C(=O)Nc2nnc(C3CCCO3)o2)cc1. The minimum Gasteiger partial charge on any atom is -0.494 e. The number of hydrogen-bond acceptors (Lipinski definition) is 6. The highest BCUT2D eigenvalue weighted by atomic mass is 16.5. The first-order chi connectivity index (χ1) is 10.8. The average molecular weight is 303 g/mol. The molecule has 2 aromatic rings. The lowest BCUT2D eigenvalue weighted by Gasteiger charge is -2.04. The zero-order valence-electron chi connectivity index (χ0n) is 12.2. The van der Waals surface area contributed by atoms with E-state index in [0.717, 1.165) is 18.6 Å². The first kappa shape index (κ1) is 14.5. The van der Waals surface area contributed by atoms with E-state index in [1.807, 2.05) is 6.92 Å². The molecule has 1 aliphatic heterocycles. The number of amides is 1. The minimum atomic E-state index is -0.314. The number of nitrogens with zero attached hydrogens (tertiary/aromatic N) is 2. The van der Waals surface area contributed by atoms with E-state index in [-0.39, 0.29) is 18.0 Å². The van der Waals surface area contributed by atoms with E-state index < -0.39 is 0 Å². The van der Waals surface area contributed by atoms with Crippen molar-refractivity contribution in [2.75, 3.05) is 18.5 Å². The molecule has 116 valence electrons. The Morgan fingerprint density at radius 2 is 2.18 bits per heavy atom. The number of rotatable bonds is 5. The highest BCUT2D eigenvalue weighted by Gasteiger charge is 2.24. The lowest BCUT2D eigenvalue weighted by molar-refractivity contribution is 0.0893. The van der Waals surface area contributed by atoms with Crippen molar-refractivity contribution in [1.82, 2.24) is 10.2 Å². The van der Waals surface area contributed by atoms with E-state index in [1.165, 1.54) is 0 Å². The summed E-state index contributed by atoms with van der Waals surface area (Å²) in [6.45, 7) is 3.18. The van der Waals surface area contributed by atoms with E-state index >= 15 is 0 Å². The third-order valence-electron chi connectivity index (χ3n) is 3.29. The van der Waals surface area contributed by atoms with Gasteiger partial charge in [0.05, 0.1) is 6.61 Å². The molecule has 0 spiro atoms. The van der Waals surface area contributed by atoms with E-state index in [4.69, 9.17) is 13.9 Å². The van der Waals surface area contributed by atoms with Crippen LogP contribution in [0.4, 0.5) is 6.01 Å². The van der Waals surface area contributed by atoms with Crippen LogP contribution >= 0.6 is 0 Å². The van der Waals surface area contributed by atoms with E-state index in [9.17, 15) is 4.79 Å². The minimum absolute atomic E-state index is 0.0735. The van der Waals surface area contributed by atoms with E-state index in [2.05, 4.69) is 15.5 Å². The molecule has 0 saturated carbocycles. The summed E-state index contributed by atoms with van der Waals surface area (Å²) in [6.07, 6.45) is 1.67. The summed E-state index contributed by atoms with van der Waals surface area (Å²) >= 11 is 0. The second-order valence-corrected chi connectivity index (χ2v) is 4.86. The maximum absolute atomic E-state index is 12.1. The van der Waals surface area contributed by atoms with Crippen LogP contribution in [0, 0.1) is 0 Å². The molecule has 22 heavy (non-hydrogen) atoms. The van der Waals surface area contributed by atoms with Gasteiger partial charge in [-0.2, -0.15) is 0 Å². The van der Waals surface area contributed by atoms with Gasteiger partial charge in [0.2, 0.25) is 5.89 Å². The summed E-state index contributed by atoms with van der Waals surface area (Å²) in [7, 11) is 0. The molecule has 1 aliphatic rings. The Bertz CT molecular complexity index is 632. The zero-order valence-corrected chi connectivity index (χ0v) is 12.2. The molecule has 1 saturated heterocycles. The molecule has 1 aromatic heterocycles. The van der Waals surface area contributed by atoms with Crippen molar-refractivity contribution in [1.29, 1.82) is 0 Å². The molecule has 3 rings (SSSR count). The van der Waals surface area contributed by atoms with E-state index in [1.54, 1.807) is 24.3 Å². The van der Waals surface area contributed by atoms with Gasteiger partial charge in [-0.05, 0) is 44.0 Å². The quantitative estimate of drug-likeness (QED) is 0.913. The van der Waals surface area contributed by atoms with Crippen LogP contribution in [0.2, 0.25) is 0 Å². The molecule has 0 aliphatic carbocycles. The molecular formula is C15H17N3O4. The van der Waals surface area contributed by atoms with Crippen molar-refractivity contribution in [3.05, 3.63) is 35.7 Å². The molecule has 1 N–H and O–H groups in total. The fraction of sp³-hybridized carbons (Fsp3) is 0.400. The normalized spacial score (nSPS) is 17.4. The first-order valence-corrected chi connectivity index (χ1v) is 7.25. The van der Waals surface area contributed by atoms with Crippen LogP contribution in [0.3, 0.4) is 0 Å². The monoisotopic (exact) mass is 303 g/mol. The van der Waals surface area contributed by atoms with Gasteiger partial charge >= 0.3 is 6.01 Å². The molecule has 1 atom stereocenters. The molecule has 1 unspecified atom stereocenters. The molecule has 2 heterocycles. The maximum Gasteiger partial charge on any atom is 0.322 e. The largest absolute Gasteiger partial charge is 0.494 e. The number of nitrogens with one attached hydrogen (secondary N) is 1. The Balaban J connectivity index is 1.63. The van der Waals surface area contributed by atoms with Crippen LogP contribution in [0.25, 0.3) is 0 Å². The van der Waals surface area contributed by atoms with Crippen LogP contribution in [-0.2, 0) is 4.74 Å². The van der Waals surface area contributed by atoms with Gasteiger partial charge in [0, 0.05) is 12.2 Å². The van der Waals surface area contributed by atoms with Crippen molar-refractivity contribution in [2.24, 2.45) is 0 Å². The van der Waals surface area contributed by atoms with Gasteiger partial charge in [-0.25, -0.2) is 0 Å². The molecule has 0 bridgehead atoms. The topological polar surface area (TPSA) is 86.5 Å². The maximum atomic E-state index is 12.1. The number of anilines is 1. The number of aromatic nitrogens is 2. The van der Waals surface area contributed by atoms with Crippen LogP contribution in [0.5, 0.6) is 5.75 Å². The van der Waals surface area contributed by atoms with Crippen LogP contribution in [0.1, 0.15) is 42.1 Å². The molecule has 1 amide bonds. The van der Waals surface area contributed by atoms with Gasteiger partial charge in [-0.1, -0.05) is 5.10 Å². The van der Waals surface area contributed by atoms with Crippen molar-refractivity contribution in [3.63, 3.8) is 0 Å². The second-order valence-electron chi connectivity index (χ2n) is 4.86. The summed E-state index contributed by atoms with van der Waals surface area (Å²) in [5.74, 6) is 0.808. The number of carbonyl (C=O) groups is 1. The van der Waals surface area contributed by atoms with Crippen molar-refractivity contribution < 1.29 is 18.7 Å². The van der Waals surface area contributed by atoms with Crippen LogP contribution < -0.4 is 10.1 Å². The number of ether oxygens (including phenoxy) is 2. The predicted octanol–water partition coefficient (Wildman–Crippen LogP) is 2.57. The third kappa shape index (κ3) is 3.25. The summed E-state index contributed by atoms with van der Waals surface area (Å²) in [6, 6.07) is 6.91. The zero-order chi connectivity index (χ0) is 15.4. The van der Waals surface area contributed by atoms with Gasteiger partial charge < -0.3 is 13.9 Å². The lowest BCUT2D eigenvalue weighted by atomic mass is 10.2. The van der Waals surface area contributed by atoms with E-state index in [0.29, 0.717) is 24.7 Å². The number of benzene rings is 1. The lowest BCUT2D eigenvalue weighted by Crippen LogP contribution is -2.12. The molecule has 1 aromatic carbocycles. The Kier molecular flexibility index (Phi) is 4.34. The van der Waals surface area contributed by atoms with Gasteiger partial charge in [-0.3, -0.25) is 10.1 Å². The summed E-state index contributed by atoms with van der Waals surface area (Å²) in [4.78, 5) is 12.1. The standard InChI is InChI=1S/C15H17N3O4/c1-2-20-11-7-5-10(6-8-11)13(19)16-15-18-17-14(22-15)12-4-3-9-21-12/h5-8,12H,2-4,9H2,1H3,(H,16,18,19). The average Bonchev–Trinajstić information content (AvgIpc) is 3.19. The summed E-state index contributed by atoms with van der Waals surface area (Å²) in [5.41, 5.74) is 0.486. The molecular weight excluding hydrogens is 286 g/mol. The Morgan fingerprint density at radius 1 is 1.36 bits per heavy atom. The highest BCUT2D eigenvalue weighted by molar-refractivity contribution is 6.03. The third-order valence-corrected chi connectivity index (χ3v) is 3.29. The summed E-state index contributed by atoms with van der Waals surface area (Å²) < 4.78 is 16.2. The highest BCUT2D eigenvalue weighted by Crippen LogP contribution is 2.28. The smallest absolute Gasteiger partial charge is 0.322 e. The number of hydrogen-bond donors (Lipinski definition) is 1. The Morgan fingerprint density at radius 3 is 2.86 bits per heavy atom. The first-order valence-electron chi connectivity index (χ1n) is 7.25. The summed E-state index contributed by atoms with van der Waals surface area (Å²) in [5, 5.41) is 10.3. The van der Waals surface area contributed by atoms with Gasteiger partial charge in [0.25, 0.3) is 5.91 Å². The van der Waals surface area contributed by atoms with Gasteiger partial charge in [-0.15, -0.1) is 5.10 Å². The fourth-order valence-electron chi connectivity index (χ4n) is 2.23. The van der Waals surface area contributed by atoms with Gasteiger partial charge in [0.15, 0.2) is 0 Å². The predicted molar refractivity (Wildman–Crippen MR) is 77.8 cm³/mol. The Labute approximate surface area is 127 Å². The second kappa shape index (κ2) is 6.57. The van der Waals surface area contributed by atoms with Gasteiger partial charge in [0.1, 0.15) is 11.9 Å². The van der Waals surface area contributed by atoms with Crippen LogP contribution in [-0.4, -0.2) is 29.3 Å².